The fraction of sp³-hybridized carbons (Fsp3) is 0.375. The zero-order valence-corrected chi connectivity index (χ0v) is 5.55. The van der Waals surface area contributed by atoms with Gasteiger partial charge in [-0.1, -0.05) is 6.08 Å². The maximum Gasteiger partial charge on any atom is 0.152 e. The molecule has 1 heteroatoms. The van der Waals surface area contributed by atoms with Crippen molar-refractivity contribution in [2.45, 2.75) is 19.8 Å². The fourth-order valence-corrected chi connectivity index (χ4v) is 0.416. The first-order valence-electron chi connectivity index (χ1n) is 2.88. The third kappa shape index (κ3) is 6.97. The lowest BCUT2D eigenvalue weighted by atomic mass is 10.3. The lowest BCUT2D eigenvalue weighted by molar-refractivity contribution is -0.112. The van der Waals surface area contributed by atoms with Crippen LogP contribution in [0.5, 0.6) is 0 Å². The molecule has 0 aromatic rings. The van der Waals surface area contributed by atoms with Gasteiger partial charge in [-0.15, -0.1) is 12.3 Å². The standard InChI is InChI=1S/C8H10O/c1-3-4-5-6-7-8(2)9/h1,6-7H,4-5H2,2H3/b7-6+. The molecule has 0 spiro atoms. The van der Waals surface area contributed by atoms with Crippen LogP contribution in [0.4, 0.5) is 0 Å². The van der Waals surface area contributed by atoms with Crippen molar-refractivity contribution < 1.29 is 4.79 Å². The highest BCUT2D eigenvalue weighted by Crippen LogP contribution is 1.87. The van der Waals surface area contributed by atoms with E-state index in [2.05, 4.69) is 5.92 Å². The number of ketones is 1. The molecule has 0 radical (unpaired) electrons. The van der Waals surface area contributed by atoms with Crippen LogP contribution in [0, 0.1) is 12.3 Å². The van der Waals surface area contributed by atoms with E-state index >= 15 is 0 Å². The van der Waals surface area contributed by atoms with Crippen LogP contribution >= 0.6 is 0 Å². The maximum atomic E-state index is 10.3. The first kappa shape index (κ1) is 7.97. The lowest BCUT2D eigenvalue weighted by Crippen LogP contribution is -1.78. The topological polar surface area (TPSA) is 17.1 Å². The molecule has 0 aliphatic carbocycles. The summed E-state index contributed by atoms with van der Waals surface area (Å²) in [7, 11) is 0. The molecule has 0 aromatic heterocycles. The minimum Gasteiger partial charge on any atom is -0.295 e. The van der Waals surface area contributed by atoms with Crippen LogP contribution < -0.4 is 0 Å². The van der Waals surface area contributed by atoms with Crippen LogP contribution in [0.15, 0.2) is 12.2 Å². The Labute approximate surface area is 55.8 Å². The monoisotopic (exact) mass is 122 g/mol. The number of hydrogen-bond donors (Lipinski definition) is 0. The minimum atomic E-state index is 0.0759. The first-order valence-corrected chi connectivity index (χ1v) is 2.88. The van der Waals surface area contributed by atoms with Crippen molar-refractivity contribution in [2.75, 3.05) is 0 Å². The van der Waals surface area contributed by atoms with Gasteiger partial charge in [0.2, 0.25) is 0 Å². The summed E-state index contributed by atoms with van der Waals surface area (Å²) in [6.07, 6.45) is 9.82. The highest BCUT2D eigenvalue weighted by Gasteiger charge is 1.79. The zero-order valence-electron chi connectivity index (χ0n) is 5.55. The zero-order chi connectivity index (χ0) is 7.11. The lowest BCUT2D eigenvalue weighted by Gasteiger charge is -1.80. The molecule has 0 amide bonds. The molecule has 0 rings (SSSR count). The van der Waals surface area contributed by atoms with Crippen LogP contribution in [0.3, 0.4) is 0 Å². The number of hydrogen-bond acceptors (Lipinski definition) is 1. The fourth-order valence-electron chi connectivity index (χ4n) is 0.416. The normalized spacial score (nSPS) is 9.33. The molecule has 0 saturated carbocycles. The highest BCUT2D eigenvalue weighted by atomic mass is 16.1. The molecular formula is C8H10O. The van der Waals surface area contributed by atoms with Gasteiger partial charge in [-0.05, 0) is 19.4 Å². The first-order chi connectivity index (χ1) is 4.27. The molecule has 0 heterocycles. The number of unbranched alkanes of at least 4 members (excludes halogenated alkanes) is 1. The Bertz CT molecular complexity index is 148. The summed E-state index contributed by atoms with van der Waals surface area (Å²) in [5.74, 6) is 2.55. The smallest absolute Gasteiger partial charge is 0.152 e. The van der Waals surface area contributed by atoms with E-state index in [-0.39, 0.29) is 5.78 Å². The molecule has 1 nitrogen and oxygen atoms in total. The molecule has 0 bridgehead atoms. The summed E-state index contributed by atoms with van der Waals surface area (Å²) in [6, 6.07) is 0. The number of allylic oxidation sites excluding steroid dienone is 2. The number of rotatable bonds is 3. The largest absolute Gasteiger partial charge is 0.295 e. The SMILES string of the molecule is C#CCC/C=C/C(C)=O. The molecule has 0 aromatic carbocycles. The van der Waals surface area contributed by atoms with Gasteiger partial charge in [-0.25, -0.2) is 0 Å². The third-order valence-electron chi connectivity index (χ3n) is 0.808. The van der Waals surface area contributed by atoms with Crippen LogP contribution in [-0.4, -0.2) is 5.78 Å². The Morgan fingerprint density at radius 2 is 2.44 bits per heavy atom. The summed E-state index contributed by atoms with van der Waals surface area (Å²) in [5, 5.41) is 0. The van der Waals surface area contributed by atoms with Crippen LogP contribution in [-0.2, 0) is 4.79 Å². The average molecular weight is 122 g/mol. The van der Waals surface area contributed by atoms with E-state index < -0.39 is 0 Å². The molecule has 0 saturated heterocycles. The van der Waals surface area contributed by atoms with E-state index in [9.17, 15) is 4.79 Å². The summed E-state index contributed by atoms with van der Waals surface area (Å²) in [5.41, 5.74) is 0. The van der Waals surface area contributed by atoms with Gasteiger partial charge in [0.25, 0.3) is 0 Å². The summed E-state index contributed by atoms with van der Waals surface area (Å²) < 4.78 is 0. The summed E-state index contributed by atoms with van der Waals surface area (Å²) in [6.45, 7) is 1.52. The molecule has 0 fully saturated rings. The second-order valence-electron chi connectivity index (χ2n) is 1.76. The van der Waals surface area contributed by atoms with Gasteiger partial charge in [0.1, 0.15) is 0 Å². The van der Waals surface area contributed by atoms with Gasteiger partial charge in [0.05, 0.1) is 0 Å². The van der Waals surface area contributed by atoms with E-state index in [4.69, 9.17) is 6.42 Å². The molecule has 0 aliphatic rings. The van der Waals surface area contributed by atoms with Gasteiger partial charge in [-0.2, -0.15) is 0 Å². The van der Waals surface area contributed by atoms with E-state index in [0.717, 1.165) is 6.42 Å². The number of terminal acetylenes is 1. The van der Waals surface area contributed by atoms with Crippen molar-refractivity contribution in [3.63, 3.8) is 0 Å². The predicted molar refractivity (Wildman–Crippen MR) is 37.9 cm³/mol. The van der Waals surface area contributed by atoms with E-state index in [1.807, 2.05) is 0 Å². The molecule has 0 atom stereocenters. The Morgan fingerprint density at radius 3 is 2.89 bits per heavy atom. The van der Waals surface area contributed by atoms with E-state index in [1.165, 1.54) is 13.0 Å². The van der Waals surface area contributed by atoms with Gasteiger partial charge in [0.15, 0.2) is 5.78 Å². The van der Waals surface area contributed by atoms with Crippen molar-refractivity contribution >= 4 is 5.78 Å². The summed E-state index contributed by atoms with van der Waals surface area (Å²) in [4.78, 5) is 10.3. The minimum absolute atomic E-state index is 0.0759. The van der Waals surface area contributed by atoms with Gasteiger partial charge < -0.3 is 0 Å². The molecule has 0 N–H and O–H groups in total. The maximum absolute atomic E-state index is 10.3. The van der Waals surface area contributed by atoms with E-state index in [1.54, 1.807) is 6.08 Å². The molecule has 0 unspecified atom stereocenters. The Hall–Kier alpha value is -1.03. The van der Waals surface area contributed by atoms with Gasteiger partial charge >= 0.3 is 0 Å². The second-order valence-corrected chi connectivity index (χ2v) is 1.76. The van der Waals surface area contributed by atoms with Gasteiger partial charge in [-0.3, -0.25) is 4.79 Å². The highest BCUT2D eigenvalue weighted by molar-refractivity contribution is 5.87. The summed E-state index contributed by atoms with van der Waals surface area (Å²) >= 11 is 0. The molecular weight excluding hydrogens is 112 g/mol. The Morgan fingerprint density at radius 1 is 1.78 bits per heavy atom. The number of carbonyl (C=O) groups is 1. The van der Waals surface area contributed by atoms with Crippen LogP contribution in [0.1, 0.15) is 19.8 Å². The molecule has 9 heavy (non-hydrogen) atoms. The van der Waals surface area contributed by atoms with Crippen molar-refractivity contribution in [3.8, 4) is 12.3 Å². The Kier molecular flexibility index (Phi) is 4.53. The van der Waals surface area contributed by atoms with Crippen LogP contribution in [0.2, 0.25) is 0 Å². The third-order valence-corrected chi connectivity index (χ3v) is 0.808. The van der Waals surface area contributed by atoms with E-state index in [0.29, 0.717) is 6.42 Å². The Balaban J connectivity index is 3.28. The quantitative estimate of drug-likeness (QED) is 0.315. The average Bonchev–Trinajstić information content (AvgIpc) is 1.80. The van der Waals surface area contributed by atoms with Gasteiger partial charge in [0, 0.05) is 6.42 Å². The predicted octanol–water partition coefficient (Wildman–Crippen LogP) is 1.54. The van der Waals surface area contributed by atoms with Crippen molar-refractivity contribution in [2.24, 2.45) is 0 Å². The van der Waals surface area contributed by atoms with Crippen LogP contribution in [0.25, 0.3) is 0 Å². The second kappa shape index (κ2) is 5.11. The molecule has 0 aliphatic heterocycles. The van der Waals surface area contributed by atoms with Crippen molar-refractivity contribution in [3.05, 3.63) is 12.2 Å². The van der Waals surface area contributed by atoms with Crippen molar-refractivity contribution in [1.82, 2.24) is 0 Å². The van der Waals surface area contributed by atoms with Crippen molar-refractivity contribution in [1.29, 1.82) is 0 Å². The molecule has 48 valence electrons. The number of carbonyl (C=O) groups excluding carboxylic acids is 1.